The van der Waals surface area contributed by atoms with Crippen LogP contribution >= 0.6 is 0 Å². The van der Waals surface area contributed by atoms with Crippen LogP contribution in [-0.4, -0.2) is 28.9 Å². The Labute approximate surface area is 78.3 Å². The van der Waals surface area contributed by atoms with Crippen LogP contribution in [0.15, 0.2) is 0 Å². The van der Waals surface area contributed by atoms with Gasteiger partial charge in [-0.2, -0.15) is 0 Å². The van der Waals surface area contributed by atoms with Crippen LogP contribution in [0.4, 0.5) is 0 Å². The van der Waals surface area contributed by atoms with Gasteiger partial charge in [0.1, 0.15) is 12.1 Å². The summed E-state index contributed by atoms with van der Waals surface area (Å²) in [6, 6.07) is 0. The molecule has 0 saturated heterocycles. The Balaban J connectivity index is 4.72. The van der Waals surface area contributed by atoms with Crippen LogP contribution in [0, 0.1) is 5.92 Å². The fraction of sp³-hybridized carbons (Fsp3) is 0.778. The lowest BCUT2D eigenvalue weighted by atomic mass is 9.84. The highest BCUT2D eigenvalue weighted by molar-refractivity contribution is 5.93. The maximum absolute atomic E-state index is 11.3. The number of aliphatic hydroxyl groups excluding tert-OH is 1. The van der Waals surface area contributed by atoms with Gasteiger partial charge in [0.15, 0.2) is 5.78 Å². The quantitative estimate of drug-likeness (QED) is 0.656. The number of carbonyl (C=O) groups excluding carboxylic acids is 2. The van der Waals surface area contributed by atoms with Crippen LogP contribution in [0.25, 0.3) is 0 Å². The van der Waals surface area contributed by atoms with Gasteiger partial charge < -0.3 is 10.4 Å². The molecule has 0 fully saturated rings. The van der Waals surface area contributed by atoms with E-state index in [4.69, 9.17) is 5.11 Å². The molecule has 1 amide bonds. The number of nitrogens with one attached hydrogen (secondary N) is 1. The van der Waals surface area contributed by atoms with Crippen molar-refractivity contribution < 1.29 is 14.7 Å². The fourth-order valence-corrected chi connectivity index (χ4v) is 1.07. The number of ketones is 1. The number of hydrogen-bond donors (Lipinski definition) is 2. The molecular formula is C9H17NO3. The van der Waals surface area contributed by atoms with E-state index in [1.54, 1.807) is 6.92 Å². The van der Waals surface area contributed by atoms with Gasteiger partial charge in [-0.05, 0) is 12.8 Å². The first-order chi connectivity index (χ1) is 5.84. The molecule has 76 valence electrons. The van der Waals surface area contributed by atoms with Gasteiger partial charge in [0, 0.05) is 6.92 Å². The third kappa shape index (κ3) is 2.81. The second-order valence-electron chi connectivity index (χ2n) is 3.62. The number of amides is 1. The molecule has 2 N–H and O–H groups in total. The van der Waals surface area contributed by atoms with Crippen LogP contribution < -0.4 is 5.32 Å². The highest BCUT2D eigenvalue weighted by Crippen LogP contribution is 2.17. The van der Waals surface area contributed by atoms with Gasteiger partial charge in [-0.15, -0.1) is 0 Å². The number of carbonyl (C=O) groups is 2. The molecule has 0 aromatic rings. The molecule has 0 bridgehead atoms. The van der Waals surface area contributed by atoms with Crippen molar-refractivity contribution in [3.05, 3.63) is 0 Å². The van der Waals surface area contributed by atoms with Gasteiger partial charge in [0.25, 0.3) is 0 Å². The maximum atomic E-state index is 11.3. The fourth-order valence-electron chi connectivity index (χ4n) is 1.07. The summed E-state index contributed by atoms with van der Waals surface area (Å²) in [4.78, 5) is 22.2. The lowest BCUT2D eigenvalue weighted by molar-refractivity contribution is -0.134. The van der Waals surface area contributed by atoms with E-state index in [0.717, 1.165) is 0 Å². The molecule has 1 unspecified atom stereocenters. The van der Waals surface area contributed by atoms with Crippen molar-refractivity contribution in [2.45, 2.75) is 33.2 Å². The zero-order chi connectivity index (χ0) is 10.6. The molecule has 0 aliphatic carbocycles. The average molecular weight is 187 g/mol. The molecule has 0 aromatic heterocycles. The van der Waals surface area contributed by atoms with E-state index >= 15 is 0 Å². The normalized spacial score (nSPS) is 15.2. The van der Waals surface area contributed by atoms with E-state index in [2.05, 4.69) is 5.32 Å². The Bertz CT molecular complexity index is 213. The summed E-state index contributed by atoms with van der Waals surface area (Å²) in [5.74, 6) is -0.674. The van der Waals surface area contributed by atoms with E-state index in [-0.39, 0.29) is 17.6 Å². The largest absolute Gasteiger partial charge is 0.388 e. The predicted octanol–water partition coefficient (Wildman–Crippen LogP) is 0.0986. The van der Waals surface area contributed by atoms with Crippen molar-refractivity contribution in [2.75, 3.05) is 6.61 Å². The molecule has 0 aliphatic rings. The zero-order valence-electron chi connectivity index (χ0n) is 8.55. The van der Waals surface area contributed by atoms with E-state index in [9.17, 15) is 9.59 Å². The summed E-state index contributed by atoms with van der Waals surface area (Å²) in [5.41, 5.74) is -0.958. The maximum Gasteiger partial charge on any atom is 0.217 e. The summed E-state index contributed by atoms with van der Waals surface area (Å²) >= 11 is 0. The highest BCUT2D eigenvalue weighted by Gasteiger charge is 2.36. The topological polar surface area (TPSA) is 66.4 Å². The number of aliphatic hydroxyl groups is 1. The van der Waals surface area contributed by atoms with Crippen molar-refractivity contribution >= 4 is 11.7 Å². The van der Waals surface area contributed by atoms with Gasteiger partial charge in [-0.1, -0.05) is 13.8 Å². The van der Waals surface area contributed by atoms with Crippen molar-refractivity contribution in [3.8, 4) is 0 Å². The van der Waals surface area contributed by atoms with Crippen LogP contribution in [0.5, 0.6) is 0 Å². The molecule has 0 heterocycles. The lowest BCUT2D eigenvalue weighted by Gasteiger charge is -2.32. The van der Waals surface area contributed by atoms with Gasteiger partial charge >= 0.3 is 0 Å². The molecule has 0 aliphatic heterocycles. The minimum Gasteiger partial charge on any atom is -0.388 e. The number of Topliss-reactive ketones (excluding diaryl/α,β-unsaturated/α-hetero) is 1. The van der Waals surface area contributed by atoms with E-state index < -0.39 is 12.1 Å². The third-order valence-corrected chi connectivity index (χ3v) is 2.31. The Morgan fingerprint density at radius 3 is 2.15 bits per heavy atom. The smallest absolute Gasteiger partial charge is 0.217 e. The number of rotatable bonds is 4. The van der Waals surface area contributed by atoms with Crippen LogP contribution in [0.1, 0.15) is 27.7 Å². The molecule has 4 nitrogen and oxygen atoms in total. The van der Waals surface area contributed by atoms with Crippen molar-refractivity contribution in [3.63, 3.8) is 0 Å². The predicted molar refractivity (Wildman–Crippen MR) is 49.2 cm³/mol. The van der Waals surface area contributed by atoms with E-state index in [1.807, 2.05) is 13.8 Å². The molecule has 0 spiro atoms. The van der Waals surface area contributed by atoms with Gasteiger partial charge in [-0.3, -0.25) is 9.59 Å². The van der Waals surface area contributed by atoms with Crippen LogP contribution in [-0.2, 0) is 9.59 Å². The summed E-state index contributed by atoms with van der Waals surface area (Å²) < 4.78 is 0. The molecule has 0 rings (SSSR count). The van der Waals surface area contributed by atoms with Crippen molar-refractivity contribution in [1.82, 2.24) is 5.32 Å². The summed E-state index contributed by atoms with van der Waals surface area (Å²) in [6.45, 7) is 6.07. The second kappa shape index (κ2) is 4.37. The van der Waals surface area contributed by atoms with Crippen LogP contribution in [0.3, 0.4) is 0 Å². The Kier molecular flexibility index (Phi) is 4.07. The summed E-state index contributed by atoms with van der Waals surface area (Å²) in [5, 5.41) is 11.3. The van der Waals surface area contributed by atoms with Crippen molar-refractivity contribution in [1.29, 1.82) is 0 Å². The first-order valence-corrected chi connectivity index (χ1v) is 4.27. The molecular weight excluding hydrogens is 170 g/mol. The first kappa shape index (κ1) is 12.1. The molecule has 4 heteroatoms. The Hall–Kier alpha value is -0.900. The van der Waals surface area contributed by atoms with Gasteiger partial charge in [-0.25, -0.2) is 0 Å². The average Bonchev–Trinajstić information content (AvgIpc) is 2.01. The van der Waals surface area contributed by atoms with Crippen LogP contribution in [0.2, 0.25) is 0 Å². The number of hydrogen-bond acceptors (Lipinski definition) is 3. The Morgan fingerprint density at radius 2 is 1.92 bits per heavy atom. The minimum absolute atomic E-state index is 0.0453. The molecule has 1 atom stereocenters. The molecule has 0 saturated carbocycles. The summed E-state index contributed by atoms with van der Waals surface area (Å²) in [7, 11) is 0. The SMILES string of the molecule is CC(=O)NC(C)(C(=O)CO)C(C)C. The Morgan fingerprint density at radius 1 is 1.46 bits per heavy atom. The molecule has 0 radical (unpaired) electrons. The monoisotopic (exact) mass is 187 g/mol. The highest BCUT2D eigenvalue weighted by atomic mass is 16.3. The summed E-state index contributed by atoms with van der Waals surface area (Å²) in [6.07, 6.45) is 0. The van der Waals surface area contributed by atoms with Crippen molar-refractivity contribution in [2.24, 2.45) is 5.92 Å². The standard InChI is InChI=1S/C9H17NO3/c1-6(2)9(4,8(13)5-11)10-7(3)12/h6,11H,5H2,1-4H3,(H,10,12). The molecule has 0 aromatic carbocycles. The van der Waals surface area contributed by atoms with E-state index in [0.29, 0.717) is 0 Å². The third-order valence-electron chi connectivity index (χ3n) is 2.31. The van der Waals surface area contributed by atoms with Gasteiger partial charge in [0.2, 0.25) is 5.91 Å². The second-order valence-corrected chi connectivity index (χ2v) is 3.62. The lowest BCUT2D eigenvalue weighted by Crippen LogP contribution is -2.56. The zero-order valence-corrected chi connectivity index (χ0v) is 8.55. The van der Waals surface area contributed by atoms with Gasteiger partial charge in [0.05, 0.1) is 0 Å². The molecule has 13 heavy (non-hydrogen) atoms. The first-order valence-electron chi connectivity index (χ1n) is 4.27. The van der Waals surface area contributed by atoms with E-state index in [1.165, 1.54) is 6.92 Å². The minimum atomic E-state index is -0.958.